The van der Waals surface area contributed by atoms with Gasteiger partial charge in [-0.05, 0) is 110 Å². The van der Waals surface area contributed by atoms with Crippen molar-refractivity contribution < 1.29 is 20.1 Å². The second-order valence-electron chi connectivity index (χ2n) is 18.2. The van der Waals surface area contributed by atoms with Crippen molar-refractivity contribution in [1.29, 1.82) is 0 Å². The largest absolute Gasteiger partial charge is 3.00 e. The quantitative estimate of drug-likeness (QED) is 0.121. The number of aromatic nitrogens is 3. The first-order valence-electron chi connectivity index (χ1n) is 24.5. The van der Waals surface area contributed by atoms with Gasteiger partial charge in [-0.15, -0.1) is 83.4 Å². The standard InChI is InChI=1S/C70H46N3.Ir/c1-48-15-14-16-55(43-48)49-26-28-52(29-27-49)67-47-56(70-25-10-13-42-73-70)38-39-66(67)65-22-7-6-21-64(65)59-45-57(62-19-4-2-17-60(62)50-30-34-53(35-31-50)68-23-8-11-40-71-68)44-58(46-59)63-20-5-3-18-61(63)51-32-36-54(37-33-51)69-24-9-12-41-72-69;/h2-34,36,39-47H,1H3;/q-3;+3. The van der Waals surface area contributed by atoms with E-state index in [4.69, 9.17) is 4.98 Å². The van der Waals surface area contributed by atoms with Crippen LogP contribution in [0.2, 0.25) is 0 Å². The molecule has 0 atom stereocenters. The topological polar surface area (TPSA) is 38.7 Å². The Balaban J connectivity index is 0.00000588. The van der Waals surface area contributed by atoms with Crippen LogP contribution in [0, 0.1) is 25.1 Å². The Morgan fingerprint density at radius 3 is 1.11 bits per heavy atom. The fourth-order valence-corrected chi connectivity index (χ4v) is 9.87. The zero-order chi connectivity index (χ0) is 48.9. The number of benzene rings is 9. The minimum absolute atomic E-state index is 0. The van der Waals surface area contributed by atoms with Gasteiger partial charge in [0.05, 0.1) is 0 Å². The van der Waals surface area contributed by atoms with Gasteiger partial charge in [0.1, 0.15) is 0 Å². The zero-order valence-electron chi connectivity index (χ0n) is 40.5. The van der Waals surface area contributed by atoms with E-state index in [0.717, 1.165) is 112 Å². The number of hydrogen-bond donors (Lipinski definition) is 0. The smallest absolute Gasteiger partial charge is 0.305 e. The molecule has 0 radical (unpaired) electrons. The van der Waals surface area contributed by atoms with Crippen LogP contribution < -0.4 is 0 Å². The summed E-state index contributed by atoms with van der Waals surface area (Å²) in [6.45, 7) is 2.14. The van der Waals surface area contributed by atoms with Crippen LogP contribution in [0.1, 0.15) is 5.56 Å². The second kappa shape index (κ2) is 21.4. The van der Waals surface area contributed by atoms with Crippen LogP contribution in [-0.2, 0) is 20.1 Å². The molecule has 3 aromatic heterocycles. The Morgan fingerprint density at radius 2 is 0.662 bits per heavy atom. The van der Waals surface area contributed by atoms with Crippen LogP contribution in [-0.4, -0.2) is 15.0 Å². The summed E-state index contributed by atoms with van der Waals surface area (Å²) in [5, 5.41) is 0. The molecule has 350 valence electrons. The molecule has 0 unspecified atom stereocenters. The van der Waals surface area contributed by atoms with Gasteiger partial charge < -0.3 is 15.0 Å². The molecule has 0 N–H and O–H groups in total. The average Bonchev–Trinajstić information content (AvgIpc) is 3.48. The summed E-state index contributed by atoms with van der Waals surface area (Å²) in [4.78, 5) is 13.9. The molecule has 0 aliphatic rings. The summed E-state index contributed by atoms with van der Waals surface area (Å²) in [6, 6.07) is 96.7. The SMILES string of the molecule is Cc1cccc(-c2ccc(-c3cc(-c4ccccn4)[c-]cc3-c3ccccc3-c3cc(-c4ccccc4-c4c[c-]c(-c5ccccn5)cc4)cc(-c4ccccc4-c4c[c-]c(-c5ccccn5)cc4)c3)cc2)c1.[Ir+3]. The molecule has 0 aliphatic carbocycles. The van der Waals surface area contributed by atoms with Gasteiger partial charge in [-0.2, -0.15) is 0 Å². The Bertz CT molecular complexity index is 3730. The summed E-state index contributed by atoms with van der Waals surface area (Å²) in [7, 11) is 0. The maximum Gasteiger partial charge on any atom is 3.00 e. The molecule has 9 aromatic carbocycles. The first kappa shape index (κ1) is 47.4. The van der Waals surface area contributed by atoms with Crippen LogP contribution in [0.5, 0.6) is 0 Å². The molecule has 0 aliphatic heterocycles. The third-order valence-corrected chi connectivity index (χ3v) is 13.5. The van der Waals surface area contributed by atoms with Crippen LogP contribution in [0.4, 0.5) is 0 Å². The van der Waals surface area contributed by atoms with Gasteiger partial charge in [-0.25, -0.2) is 0 Å². The van der Waals surface area contributed by atoms with Crippen LogP contribution in [0.3, 0.4) is 0 Å². The third kappa shape index (κ3) is 9.85. The van der Waals surface area contributed by atoms with E-state index in [1.165, 1.54) is 16.7 Å². The van der Waals surface area contributed by atoms with Crippen molar-refractivity contribution in [2.75, 3.05) is 0 Å². The molecular weight excluding hydrogens is 1080 g/mol. The minimum Gasteiger partial charge on any atom is -0.305 e. The predicted molar refractivity (Wildman–Crippen MR) is 301 cm³/mol. The number of hydrogen-bond acceptors (Lipinski definition) is 3. The number of rotatable bonds is 11. The fourth-order valence-electron chi connectivity index (χ4n) is 9.87. The van der Waals surface area contributed by atoms with E-state index in [0.29, 0.717) is 0 Å². The first-order valence-corrected chi connectivity index (χ1v) is 24.5. The van der Waals surface area contributed by atoms with Gasteiger partial charge in [-0.1, -0.05) is 202 Å². The summed E-state index contributed by atoms with van der Waals surface area (Å²) in [5.41, 5.74) is 24.6. The summed E-state index contributed by atoms with van der Waals surface area (Å²) >= 11 is 0. The molecule has 0 fully saturated rings. The van der Waals surface area contributed by atoms with E-state index < -0.39 is 0 Å². The van der Waals surface area contributed by atoms with E-state index in [1.807, 2.05) is 73.2 Å². The molecule has 3 heterocycles. The monoisotopic (exact) mass is 1120 g/mol. The minimum atomic E-state index is 0. The van der Waals surface area contributed by atoms with Crippen molar-refractivity contribution in [2.45, 2.75) is 6.92 Å². The maximum atomic E-state index is 4.74. The second-order valence-corrected chi connectivity index (χ2v) is 18.2. The van der Waals surface area contributed by atoms with Crippen molar-refractivity contribution in [3.05, 3.63) is 285 Å². The van der Waals surface area contributed by atoms with Crippen LogP contribution >= 0.6 is 0 Å². The zero-order valence-corrected chi connectivity index (χ0v) is 42.9. The van der Waals surface area contributed by atoms with E-state index in [-0.39, 0.29) is 20.1 Å². The summed E-state index contributed by atoms with van der Waals surface area (Å²) < 4.78 is 0. The van der Waals surface area contributed by atoms with Gasteiger partial charge >= 0.3 is 20.1 Å². The predicted octanol–water partition coefficient (Wildman–Crippen LogP) is 17.9. The van der Waals surface area contributed by atoms with Crippen molar-refractivity contribution in [1.82, 2.24) is 15.0 Å². The molecule has 0 saturated carbocycles. The number of aryl methyl sites for hydroxylation is 1. The third-order valence-electron chi connectivity index (χ3n) is 13.5. The first-order chi connectivity index (χ1) is 36.1. The average molecular weight is 1120 g/mol. The van der Waals surface area contributed by atoms with Crippen molar-refractivity contribution >= 4 is 0 Å². The molecule has 4 heteroatoms. The normalized spacial score (nSPS) is 10.9. The Morgan fingerprint density at radius 1 is 0.257 bits per heavy atom. The van der Waals surface area contributed by atoms with Crippen molar-refractivity contribution in [3.8, 4) is 123 Å². The number of nitrogens with zero attached hydrogens (tertiary/aromatic N) is 3. The number of pyridine rings is 3. The van der Waals surface area contributed by atoms with Gasteiger partial charge in [0.25, 0.3) is 0 Å². The Hall–Kier alpha value is -8.92. The van der Waals surface area contributed by atoms with Crippen molar-refractivity contribution in [2.24, 2.45) is 0 Å². The molecule has 12 rings (SSSR count). The van der Waals surface area contributed by atoms with E-state index in [2.05, 4.69) is 223 Å². The summed E-state index contributed by atoms with van der Waals surface area (Å²) in [6.07, 6.45) is 5.49. The van der Waals surface area contributed by atoms with Gasteiger partial charge in [-0.3, -0.25) is 0 Å². The molecule has 0 bridgehead atoms. The van der Waals surface area contributed by atoms with Gasteiger partial charge in [0, 0.05) is 18.6 Å². The molecular formula is C70H46IrN3. The Kier molecular flexibility index (Phi) is 13.7. The van der Waals surface area contributed by atoms with Crippen LogP contribution in [0.15, 0.2) is 261 Å². The van der Waals surface area contributed by atoms with Gasteiger partial charge in [0.2, 0.25) is 0 Å². The molecule has 3 nitrogen and oxygen atoms in total. The molecule has 74 heavy (non-hydrogen) atoms. The molecule has 0 saturated heterocycles. The van der Waals surface area contributed by atoms with E-state index in [1.54, 1.807) is 0 Å². The molecule has 12 aromatic rings. The molecule has 0 spiro atoms. The fraction of sp³-hybridized carbons (Fsp3) is 0.0143. The van der Waals surface area contributed by atoms with Crippen LogP contribution in [0.25, 0.3) is 123 Å². The van der Waals surface area contributed by atoms with E-state index in [9.17, 15) is 0 Å². The van der Waals surface area contributed by atoms with Gasteiger partial charge in [0.15, 0.2) is 0 Å². The Labute approximate surface area is 447 Å². The molecule has 0 amide bonds. The van der Waals surface area contributed by atoms with Crippen molar-refractivity contribution in [3.63, 3.8) is 0 Å². The summed E-state index contributed by atoms with van der Waals surface area (Å²) in [5.74, 6) is 0. The van der Waals surface area contributed by atoms with E-state index >= 15 is 0 Å². The maximum absolute atomic E-state index is 4.74.